The van der Waals surface area contributed by atoms with Gasteiger partial charge in [0.2, 0.25) is 0 Å². The molecule has 0 aliphatic carbocycles. The number of hydrogen-bond donors (Lipinski definition) is 1. The smallest absolute Gasteiger partial charge is 0.337 e. The standard InChI is InChI=1S/C24H25ClO4/c1-14-13-18-17(7-6-8-19(18)28-5)21(15-9-11-16(25)12-10-15)20(14)22(23(26)27)29-24(2,3)4/h6-13,22H,1-5H3,(H,26,27)/t22-/m0/s1. The predicted octanol–water partition coefficient (Wildman–Crippen LogP) is 6.42. The van der Waals surface area contributed by atoms with Gasteiger partial charge in [0.1, 0.15) is 5.75 Å². The van der Waals surface area contributed by atoms with Crippen LogP contribution in [-0.4, -0.2) is 23.8 Å². The van der Waals surface area contributed by atoms with Crippen LogP contribution in [0.3, 0.4) is 0 Å². The Labute approximate surface area is 176 Å². The number of hydrogen-bond acceptors (Lipinski definition) is 3. The molecule has 152 valence electrons. The van der Waals surface area contributed by atoms with Gasteiger partial charge in [-0.05, 0) is 74.0 Å². The van der Waals surface area contributed by atoms with Crippen molar-refractivity contribution in [1.82, 2.24) is 0 Å². The van der Waals surface area contributed by atoms with E-state index in [0.29, 0.717) is 10.6 Å². The molecule has 0 fully saturated rings. The molecular formula is C24H25ClO4. The van der Waals surface area contributed by atoms with Crippen molar-refractivity contribution in [3.8, 4) is 16.9 Å². The van der Waals surface area contributed by atoms with Crippen LogP contribution in [0.2, 0.25) is 5.02 Å². The fourth-order valence-electron chi connectivity index (χ4n) is 3.58. The molecule has 0 saturated carbocycles. The molecule has 3 aromatic rings. The van der Waals surface area contributed by atoms with Gasteiger partial charge in [-0.2, -0.15) is 0 Å². The summed E-state index contributed by atoms with van der Waals surface area (Å²) in [7, 11) is 1.63. The normalized spacial score (nSPS) is 12.8. The Bertz CT molecular complexity index is 1050. The summed E-state index contributed by atoms with van der Waals surface area (Å²) >= 11 is 6.10. The molecule has 4 nitrogen and oxygen atoms in total. The average molecular weight is 413 g/mol. The maximum atomic E-state index is 12.3. The minimum absolute atomic E-state index is 0.616. The minimum atomic E-state index is -1.11. The van der Waals surface area contributed by atoms with Crippen molar-refractivity contribution in [3.05, 3.63) is 64.7 Å². The monoisotopic (exact) mass is 412 g/mol. The first-order valence-electron chi connectivity index (χ1n) is 9.39. The van der Waals surface area contributed by atoms with E-state index in [2.05, 4.69) is 0 Å². The van der Waals surface area contributed by atoms with Crippen LogP contribution in [0.5, 0.6) is 5.75 Å². The molecule has 0 saturated heterocycles. The lowest BCUT2D eigenvalue weighted by atomic mass is 9.87. The number of benzene rings is 3. The lowest BCUT2D eigenvalue weighted by molar-refractivity contribution is -0.160. The zero-order valence-corrected chi connectivity index (χ0v) is 18.0. The van der Waals surface area contributed by atoms with Crippen LogP contribution in [0.1, 0.15) is 38.0 Å². The molecule has 29 heavy (non-hydrogen) atoms. The van der Waals surface area contributed by atoms with E-state index in [1.165, 1.54) is 0 Å². The highest BCUT2D eigenvalue weighted by Crippen LogP contribution is 2.42. The van der Waals surface area contributed by atoms with Crippen molar-refractivity contribution in [2.75, 3.05) is 7.11 Å². The largest absolute Gasteiger partial charge is 0.496 e. The second-order valence-electron chi connectivity index (χ2n) is 7.99. The number of carboxylic acid groups (broad SMARTS) is 1. The number of ether oxygens (including phenoxy) is 2. The van der Waals surface area contributed by atoms with Gasteiger partial charge in [-0.1, -0.05) is 35.9 Å². The third-order valence-electron chi connectivity index (χ3n) is 4.70. The lowest BCUT2D eigenvalue weighted by Gasteiger charge is -2.28. The van der Waals surface area contributed by atoms with Crippen molar-refractivity contribution < 1.29 is 19.4 Å². The van der Waals surface area contributed by atoms with Gasteiger partial charge in [-0.25, -0.2) is 4.79 Å². The van der Waals surface area contributed by atoms with Gasteiger partial charge < -0.3 is 14.6 Å². The molecule has 3 aromatic carbocycles. The summed E-state index contributed by atoms with van der Waals surface area (Å²) in [6.45, 7) is 7.46. The number of carbonyl (C=O) groups is 1. The summed E-state index contributed by atoms with van der Waals surface area (Å²) in [6, 6.07) is 15.1. The Morgan fingerprint density at radius 3 is 2.28 bits per heavy atom. The highest BCUT2D eigenvalue weighted by molar-refractivity contribution is 6.30. The Kier molecular flexibility index (Phi) is 5.87. The van der Waals surface area contributed by atoms with E-state index in [-0.39, 0.29) is 0 Å². The predicted molar refractivity (Wildman–Crippen MR) is 117 cm³/mol. The number of methoxy groups -OCH3 is 1. The molecular weight excluding hydrogens is 388 g/mol. The zero-order valence-electron chi connectivity index (χ0n) is 17.2. The summed E-state index contributed by atoms with van der Waals surface area (Å²) in [6.07, 6.45) is -1.11. The van der Waals surface area contributed by atoms with Gasteiger partial charge in [0, 0.05) is 16.0 Å². The highest BCUT2D eigenvalue weighted by Gasteiger charge is 2.31. The molecule has 0 aliphatic heterocycles. The van der Waals surface area contributed by atoms with Gasteiger partial charge in [0.05, 0.1) is 12.7 Å². The minimum Gasteiger partial charge on any atom is -0.496 e. The molecule has 1 atom stereocenters. The van der Waals surface area contributed by atoms with E-state index in [0.717, 1.165) is 33.2 Å². The molecule has 0 unspecified atom stereocenters. The Hall–Kier alpha value is -2.56. The summed E-state index contributed by atoms with van der Waals surface area (Å²) in [5, 5.41) is 12.5. The van der Waals surface area contributed by atoms with Crippen LogP contribution in [-0.2, 0) is 9.53 Å². The molecule has 0 amide bonds. The maximum Gasteiger partial charge on any atom is 0.337 e. The van der Waals surface area contributed by atoms with E-state index in [1.807, 2.05) is 64.1 Å². The molecule has 0 spiro atoms. The van der Waals surface area contributed by atoms with E-state index < -0.39 is 17.7 Å². The van der Waals surface area contributed by atoms with E-state index in [4.69, 9.17) is 21.1 Å². The molecule has 0 aromatic heterocycles. The molecule has 5 heteroatoms. The van der Waals surface area contributed by atoms with Gasteiger partial charge in [0.25, 0.3) is 0 Å². The van der Waals surface area contributed by atoms with Crippen molar-refractivity contribution in [3.63, 3.8) is 0 Å². The number of halogens is 1. The molecule has 1 N–H and O–H groups in total. The van der Waals surface area contributed by atoms with Crippen molar-refractivity contribution >= 4 is 28.3 Å². The Morgan fingerprint density at radius 2 is 1.72 bits per heavy atom. The molecule has 3 rings (SSSR count). The summed E-state index contributed by atoms with van der Waals surface area (Å²) in [5.74, 6) is -0.295. The first-order chi connectivity index (χ1) is 13.6. The van der Waals surface area contributed by atoms with Crippen molar-refractivity contribution in [2.24, 2.45) is 0 Å². The van der Waals surface area contributed by atoms with Gasteiger partial charge in [0.15, 0.2) is 6.10 Å². The van der Waals surface area contributed by atoms with Crippen LogP contribution < -0.4 is 4.74 Å². The van der Waals surface area contributed by atoms with E-state index in [1.54, 1.807) is 19.2 Å². The third kappa shape index (κ3) is 4.39. The number of aryl methyl sites for hydroxylation is 1. The third-order valence-corrected chi connectivity index (χ3v) is 4.95. The first kappa shape index (κ1) is 21.2. The van der Waals surface area contributed by atoms with Crippen LogP contribution in [0.25, 0.3) is 21.9 Å². The van der Waals surface area contributed by atoms with Crippen LogP contribution in [0.4, 0.5) is 0 Å². The van der Waals surface area contributed by atoms with Crippen molar-refractivity contribution in [2.45, 2.75) is 39.4 Å². The number of carboxylic acids is 1. The SMILES string of the molecule is COc1cccc2c(-c3ccc(Cl)cc3)c([C@H](OC(C)(C)C)C(=O)O)c(C)cc12. The number of rotatable bonds is 5. The van der Waals surface area contributed by atoms with Gasteiger partial charge >= 0.3 is 5.97 Å². The average Bonchev–Trinajstić information content (AvgIpc) is 2.65. The zero-order chi connectivity index (χ0) is 21.3. The number of fused-ring (bicyclic) bond motifs is 1. The van der Waals surface area contributed by atoms with E-state index >= 15 is 0 Å². The topological polar surface area (TPSA) is 55.8 Å². The fraction of sp³-hybridized carbons (Fsp3) is 0.292. The second kappa shape index (κ2) is 8.05. The Morgan fingerprint density at radius 1 is 1.07 bits per heavy atom. The fourth-order valence-corrected chi connectivity index (χ4v) is 3.70. The molecule has 0 radical (unpaired) electrons. The maximum absolute atomic E-state index is 12.3. The summed E-state index contributed by atoms with van der Waals surface area (Å²) < 4.78 is 11.6. The van der Waals surface area contributed by atoms with E-state index in [9.17, 15) is 9.90 Å². The van der Waals surface area contributed by atoms with Crippen LogP contribution in [0.15, 0.2) is 48.5 Å². The molecule has 0 bridgehead atoms. The summed E-state index contributed by atoms with van der Waals surface area (Å²) in [5.41, 5.74) is 2.51. The highest BCUT2D eigenvalue weighted by atomic mass is 35.5. The van der Waals surface area contributed by atoms with Crippen LogP contribution in [0, 0.1) is 6.92 Å². The molecule has 0 aliphatic rings. The number of aliphatic carboxylic acids is 1. The van der Waals surface area contributed by atoms with Gasteiger partial charge in [-0.3, -0.25) is 0 Å². The second-order valence-corrected chi connectivity index (χ2v) is 8.43. The lowest BCUT2D eigenvalue weighted by Crippen LogP contribution is -2.28. The quantitative estimate of drug-likeness (QED) is 0.525. The Balaban J connectivity index is 2.42. The van der Waals surface area contributed by atoms with Gasteiger partial charge in [-0.15, -0.1) is 0 Å². The summed E-state index contributed by atoms with van der Waals surface area (Å²) in [4.78, 5) is 12.3. The first-order valence-corrected chi connectivity index (χ1v) is 9.77. The van der Waals surface area contributed by atoms with Crippen molar-refractivity contribution in [1.29, 1.82) is 0 Å². The van der Waals surface area contributed by atoms with Crippen LogP contribution >= 0.6 is 11.6 Å². The molecule has 0 heterocycles.